The number of halogens is 4. The highest BCUT2D eigenvalue weighted by Crippen LogP contribution is 2.34. The number of anilines is 1. The summed E-state index contributed by atoms with van der Waals surface area (Å²) in [7, 11) is 0. The second kappa shape index (κ2) is 8.73. The van der Waals surface area contributed by atoms with Gasteiger partial charge in [-0.15, -0.1) is 0 Å². The zero-order chi connectivity index (χ0) is 21.9. The van der Waals surface area contributed by atoms with Gasteiger partial charge < -0.3 is 15.0 Å². The van der Waals surface area contributed by atoms with Gasteiger partial charge in [-0.25, -0.2) is 4.39 Å². The maximum absolute atomic E-state index is 13.2. The number of benzene rings is 2. The number of amides is 2. The first-order chi connectivity index (χ1) is 14.2. The third-order valence-electron chi connectivity index (χ3n) is 4.78. The summed E-state index contributed by atoms with van der Waals surface area (Å²) in [4.78, 5) is 26.4. The minimum Gasteiger partial charge on any atom is -0.492 e. The van der Waals surface area contributed by atoms with Crippen molar-refractivity contribution >= 4 is 17.5 Å². The van der Waals surface area contributed by atoms with E-state index >= 15 is 0 Å². The third-order valence-corrected chi connectivity index (χ3v) is 4.78. The van der Waals surface area contributed by atoms with Crippen molar-refractivity contribution in [3.8, 4) is 5.75 Å². The lowest BCUT2D eigenvalue weighted by atomic mass is 10.1. The number of para-hydroxylation sites is 2. The van der Waals surface area contributed by atoms with Crippen LogP contribution in [0.3, 0.4) is 0 Å². The molecule has 1 aliphatic rings. The molecule has 1 fully saturated rings. The van der Waals surface area contributed by atoms with Gasteiger partial charge in [-0.1, -0.05) is 18.2 Å². The molecule has 9 heteroatoms. The second-order valence-electron chi connectivity index (χ2n) is 6.82. The highest BCUT2D eigenvalue weighted by atomic mass is 19.4. The molecular formula is C21H20F4N2O3. The number of nitrogens with one attached hydrogen (secondary N) is 1. The van der Waals surface area contributed by atoms with Crippen LogP contribution in [-0.4, -0.2) is 25.0 Å². The van der Waals surface area contributed by atoms with E-state index in [4.69, 9.17) is 4.74 Å². The van der Waals surface area contributed by atoms with E-state index in [-0.39, 0.29) is 24.4 Å². The number of carbonyl (C=O) groups is 2. The van der Waals surface area contributed by atoms with Crippen molar-refractivity contribution in [2.24, 2.45) is 5.92 Å². The van der Waals surface area contributed by atoms with Gasteiger partial charge >= 0.3 is 6.18 Å². The first-order valence-electron chi connectivity index (χ1n) is 9.36. The molecule has 3 rings (SSSR count). The molecule has 0 radical (unpaired) electrons. The van der Waals surface area contributed by atoms with Crippen LogP contribution in [0.5, 0.6) is 5.75 Å². The standard InChI is InChI=1S/C21H20F4N2O3/c1-2-30-18-6-4-3-5-17(18)27-12-14(9-19(27)28)20(29)26-11-13-7-8-15(22)10-16(13)21(23,24)25/h3-8,10,14H,2,9,11-12H2,1H3,(H,26,29). The Morgan fingerprint density at radius 2 is 1.97 bits per heavy atom. The molecule has 0 bridgehead atoms. The summed E-state index contributed by atoms with van der Waals surface area (Å²) < 4.78 is 58.0. The van der Waals surface area contributed by atoms with Crippen molar-refractivity contribution < 1.29 is 31.9 Å². The highest BCUT2D eigenvalue weighted by Gasteiger charge is 2.37. The summed E-state index contributed by atoms with van der Waals surface area (Å²) in [5, 5.41) is 2.43. The summed E-state index contributed by atoms with van der Waals surface area (Å²) in [6.07, 6.45) is -4.81. The maximum atomic E-state index is 13.2. The number of nitrogens with zero attached hydrogens (tertiary/aromatic N) is 1. The van der Waals surface area contributed by atoms with Gasteiger partial charge in [0.2, 0.25) is 11.8 Å². The molecule has 2 aromatic carbocycles. The highest BCUT2D eigenvalue weighted by molar-refractivity contribution is 6.01. The molecule has 1 N–H and O–H groups in total. The molecular weight excluding hydrogens is 404 g/mol. The molecule has 1 heterocycles. The molecule has 5 nitrogen and oxygen atoms in total. The van der Waals surface area contributed by atoms with Crippen LogP contribution in [0.4, 0.5) is 23.2 Å². The lowest BCUT2D eigenvalue weighted by Crippen LogP contribution is -2.33. The van der Waals surface area contributed by atoms with Crippen LogP contribution in [-0.2, 0) is 22.3 Å². The van der Waals surface area contributed by atoms with E-state index in [0.29, 0.717) is 24.1 Å². The fourth-order valence-electron chi connectivity index (χ4n) is 3.37. The van der Waals surface area contributed by atoms with Gasteiger partial charge in [0, 0.05) is 19.5 Å². The monoisotopic (exact) mass is 424 g/mol. The number of carbonyl (C=O) groups excluding carboxylic acids is 2. The Morgan fingerprint density at radius 1 is 1.23 bits per heavy atom. The molecule has 0 saturated carbocycles. The largest absolute Gasteiger partial charge is 0.492 e. The SMILES string of the molecule is CCOc1ccccc1N1CC(C(=O)NCc2ccc(F)cc2C(F)(F)F)CC1=O. The Bertz CT molecular complexity index is 946. The first kappa shape index (κ1) is 21.6. The summed E-state index contributed by atoms with van der Waals surface area (Å²) in [6, 6.07) is 9.22. The van der Waals surface area contributed by atoms with Crippen molar-refractivity contribution in [3.63, 3.8) is 0 Å². The van der Waals surface area contributed by atoms with Crippen molar-refractivity contribution in [3.05, 3.63) is 59.4 Å². The number of hydrogen-bond donors (Lipinski definition) is 1. The van der Waals surface area contributed by atoms with Crippen molar-refractivity contribution in [2.45, 2.75) is 26.1 Å². The number of hydrogen-bond acceptors (Lipinski definition) is 3. The topological polar surface area (TPSA) is 58.6 Å². The Balaban J connectivity index is 1.69. The van der Waals surface area contributed by atoms with E-state index in [1.165, 1.54) is 4.90 Å². The quantitative estimate of drug-likeness (QED) is 0.716. The van der Waals surface area contributed by atoms with Gasteiger partial charge in [0.1, 0.15) is 11.6 Å². The van der Waals surface area contributed by atoms with Crippen molar-refractivity contribution in [1.29, 1.82) is 0 Å². The Hall–Kier alpha value is -3.10. The summed E-state index contributed by atoms with van der Waals surface area (Å²) >= 11 is 0. The number of rotatable bonds is 6. The summed E-state index contributed by atoms with van der Waals surface area (Å²) in [5.41, 5.74) is -0.852. The lowest BCUT2D eigenvalue weighted by Gasteiger charge is -2.20. The molecule has 160 valence electrons. The van der Waals surface area contributed by atoms with Crippen LogP contribution in [0.2, 0.25) is 0 Å². The van der Waals surface area contributed by atoms with Gasteiger partial charge in [-0.3, -0.25) is 9.59 Å². The molecule has 0 aromatic heterocycles. The van der Waals surface area contributed by atoms with Gasteiger partial charge in [-0.2, -0.15) is 13.2 Å². The van der Waals surface area contributed by atoms with Gasteiger partial charge in [0.15, 0.2) is 0 Å². The maximum Gasteiger partial charge on any atom is 0.416 e. The molecule has 0 aliphatic carbocycles. The second-order valence-corrected chi connectivity index (χ2v) is 6.82. The zero-order valence-electron chi connectivity index (χ0n) is 16.1. The number of alkyl halides is 3. The van der Waals surface area contributed by atoms with Gasteiger partial charge in [-0.05, 0) is 36.8 Å². The molecule has 1 unspecified atom stereocenters. The normalized spacial score (nSPS) is 16.6. The summed E-state index contributed by atoms with van der Waals surface area (Å²) in [5.74, 6) is -2.04. The number of ether oxygens (including phenoxy) is 1. The lowest BCUT2D eigenvalue weighted by molar-refractivity contribution is -0.138. The van der Waals surface area contributed by atoms with Crippen LogP contribution in [0, 0.1) is 11.7 Å². The van der Waals surface area contributed by atoms with Crippen LogP contribution >= 0.6 is 0 Å². The van der Waals surface area contributed by atoms with Gasteiger partial charge in [0.25, 0.3) is 0 Å². The third kappa shape index (κ3) is 4.72. The first-order valence-corrected chi connectivity index (χ1v) is 9.36. The fourth-order valence-corrected chi connectivity index (χ4v) is 3.37. The van der Waals surface area contributed by atoms with Crippen LogP contribution < -0.4 is 15.0 Å². The van der Waals surface area contributed by atoms with E-state index in [1.807, 2.05) is 6.92 Å². The van der Waals surface area contributed by atoms with E-state index in [2.05, 4.69) is 5.32 Å². The predicted octanol–water partition coefficient (Wildman–Crippen LogP) is 3.91. The molecule has 2 aromatic rings. The summed E-state index contributed by atoms with van der Waals surface area (Å²) in [6.45, 7) is 1.88. The van der Waals surface area contributed by atoms with Crippen LogP contribution in [0.15, 0.2) is 42.5 Å². The Morgan fingerprint density at radius 3 is 2.67 bits per heavy atom. The minimum atomic E-state index is -4.74. The Kier molecular flexibility index (Phi) is 6.28. The average molecular weight is 424 g/mol. The molecule has 1 saturated heterocycles. The molecule has 2 amide bonds. The van der Waals surface area contributed by atoms with E-state index in [9.17, 15) is 27.2 Å². The predicted molar refractivity (Wildman–Crippen MR) is 101 cm³/mol. The van der Waals surface area contributed by atoms with E-state index < -0.39 is 35.9 Å². The average Bonchev–Trinajstić information content (AvgIpc) is 3.08. The molecule has 1 aliphatic heterocycles. The fraction of sp³-hybridized carbons (Fsp3) is 0.333. The van der Waals surface area contributed by atoms with E-state index in [1.54, 1.807) is 24.3 Å². The van der Waals surface area contributed by atoms with E-state index in [0.717, 1.165) is 12.1 Å². The Labute approximate surface area is 170 Å². The minimum absolute atomic E-state index is 0.0676. The van der Waals surface area contributed by atoms with Crippen molar-refractivity contribution in [1.82, 2.24) is 5.32 Å². The smallest absolute Gasteiger partial charge is 0.416 e. The van der Waals surface area contributed by atoms with Gasteiger partial charge in [0.05, 0.1) is 23.8 Å². The molecule has 30 heavy (non-hydrogen) atoms. The molecule has 0 spiro atoms. The van der Waals surface area contributed by atoms with Crippen molar-refractivity contribution in [2.75, 3.05) is 18.1 Å². The zero-order valence-corrected chi connectivity index (χ0v) is 16.1. The van der Waals surface area contributed by atoms with Crippen LogP contribution in [0.1, 0.15) is 24.5 Å². The molecule has 1 atom stereocenters. The van der Waals surface area contributed by atoms with Crippen LogP contribution in [0.25, 0.3) is 0 Å².